The van der Waals surface area contributed by atoms with Gasteiger partial charge < -0.3 is 0 Å². The van der Waals surface area contributed by atoms with E-state index in [0.29, 0.717) is 11.3 Å². The Morgan fingerprint density at radius 2 is 1.57 bits per heavy atom. The zero-order valence-electron chi connectivity index (χ0n) is 15.6. The van der Waals surface area contributed by atoms with Gasteiger partial charge in [0, 0.05) is 18.3 Å². The first kappa shape index (κ1) is 19.4. The molecule has 0 unspecified atom stereocenters. The summed E-state index contributed by atoms with van der Waals surface area (Å²) in [4.78, 5) is 12.7. The minimum absolute atomic E-state index is 0.164. The lowest BCUT2D eigenvalue weighted by Crippen LogP contribution is -2.39. The van der Waals surface area contributed by atoms with Gasteiger partial charge in [0.25, 0.3) is 15.9 Å². The fourth-order valence-electron chi connectivity index (χ4n) is 2.59. The molecule has 0 saturated heterocycles. The molecule has 0 aliphatic heterocycles. The summed E-state index contributed by atoms with van der Waals surface area (Å²) in [6.45, 7) is 1.89. The largest absolute Gasteiger partial charge is 0.288 e. The number of carbonyl (C=O) groups is 1. The number of nitrogens with zero attached hydrogens (tertiary/aromatic N) is 1. The molecule has 0 spiro atoms. The summed E-state index contributed by atoms with van der Waals surface area (Å²) >= 11 is 0. The molecule has 0 aromatic heterocycles. The second kappa shape index (κ2) is 8.14. The second-order valence-electron chi connectivity index (χ2n) is 6.33. The van der Waals surface area contributed by atoms with Crippen molar-refractivity contribution in [3.05, 3.63) is 90.0 Å². The number of aryl methyl sites for hydroxylation is 1. The van der Waals surface area contributed by atoms with E-state index < -0.39 is 10.0 Å². The summed E-state index contributed by atoms with van der Waals surface area (Å²) in [6, 6.07) is 22.3. The topological polar surface area (TPSA) is 78.5 Å². The van der Waals surface area contributed by atoms with Crippen LogP contribution in [0.15, 0.2) is 83.8 Å². The fourth-order valence-corrected chi connectivity index (χ4v) is 3.64. The molecule has 3 aromatic rings. The lowest BCUT2D eigenvalue weighted by atomic mass is 10.2. The standard InChI is InChI=1S/C21H21N3O3S/c1-16-11-13-20(14-12-16)28(26,27)23-18-8-6-7-17(15-18)21(25)22-24(2)19-9-4-3-5-10-19/h3-15,23H,1-2H3,(H,22,25). The van der Waals surface area contributed by atoms with Gasteiger partial charge in [-0.2, -0.15) is 0 Å². The summed E-state index contributed by atoms with van der Waals surface area (Å²) in [5.41, 5.74) is 5.21. The smallest absolute Gasteiger partial charge is 0.269 e. The number of carbonyl (C=O) groups excluding carboxylic acids is 1. The average Bonchev–Trinajstić information content (AvgIpc) is 2.69. The average molecular weight is 395 g/mol. The summed E-state index contributed by atoms with van der Waals surface area (Å²) in [7, 11) is -2.00. The zero-order chi connectivity index (χ0) is 20.1. The van der Waals surface area contributed by atoms with E-state index in [2.05, 4.69) is 10.1 Å². The molecular weight excluding hydrogens is 374 g/mol. The Balaban J connectivity index is 1.74. The van der Waals surface area contributed by atoms with Crippen LogP contribution in [-0.4, -0.2) is 21.4 Å². The monoisotopic (exact) mass is 395 g/mol. The first-order valence-electron chi connectivity index (χ1n) is 8.64. The van der Waals surface area contributed by atoms with Crippen molar-refractivity contribution in [2.45, 2.75) is 11.8 Å². The minimum atomic E-state index is -3.73. The summed E-state index contributed by atoms with van der Waals surface area (Å²) < 4.78 is 27.6. The summed E-state index contributed by atoms with van der Waals surface area (Å²) in [5.74, 6) is -0.345. The van der Waals surface area contributed by atoms with Crippen LogP contribution in [0.3, 0.4) is 0 Å². The highest BCUT2D eigenvalue weighted by Crippen LogP contribution is 2.18. The van der Waals surface area contributed by atoms with Crippen molar-refractivity contribution in [3.63, 3.8) is 0 Å². The van der Waals surface area contributed by atoms with Crippen LogP contribution < -0.4 is 15.2 Å². The van der Waals surface area contributed by atoms with Crippen molar-refractivity contribution in [2.24, 2.45) is 0 Å². The highest BCUT2D eigenvalue weighted by atomic mass is 32.2. The number of anilines is 2. The van der Waals surface area contributed by atoms with Gasteiger partial charge >= 0.3 is 0 Å². The number of rotatable bonds is 6. The third kappa shape index (κ3) is 4.69. The van der Waals surface area contributed by atoms with Crippen molar-refractivity contribution in [1.82, 2.24) is 5.43 Å². The maximum atomic E-state index is 12.5. The molecule has 7 heteroatoms. The SMILES string of the molecule is Cc1ccc(S(=O)(=O)Nc2cccc(C(=O)NN(C)c3ccccc3)c2)cc1. The van der Waals surface area contributed by atoms with Gasteiger partial charge in [0.05, 0.1) is 10.6 Å². The summed E-state index contributed by atoms with van der Waals surface area (Å²) in [6.07, 6.45) is 0. The number of hydrogen-bond acceptors (Lipinski definition) is 4. The molecule has 3 aromatic carbocycles. The van der Waals surface area contributed by atoms with Gasteiger partial charge in [-0.3, -0.25) is 20.0 Å². The third-order valence-electron chi connectivity index (χ3n) is 4.12. The Morgan fingerprint density at radius 1 is 0.893 bits per heavy atom. The highest BCUT2D eigenvalue weighted by Gasteiger charge is 2.15. The number of amides is 1. The molecule has 0 atom stereocenters. The van der Waals surface area contributed by atoms with E-state index in [1.807, 2.05) is 37.3 Å². The maximum absolute atomic E-state index is 12.5. The van der Waals surface area contributed by atoms with Gasteiger partial charge in [0.2, 0.25) is 0 Å². The van der Waals surface area contributed by atoms with Crippen LogP contribution >= 0.6 is 0 Å². The van der Waals surface area contributed by atoms with Crippen LogP contribution in [0.5, 0.6) is 0 Å². The van der Waals surface area contributed by atoms with Gasteiger partial charge in [0.15, 0.2) is 0 Å². The van der Waals surface area contributed by atoms with Gasteiger partial charge in [-0.05, 0) is 49.4 Å². The van der Waals surface area contributed by atoms with Crippen molar-refractivity contribution in [2.75, 3.05) is 16.8 Å². The predicted octanol–water partition coefficient (Wildman–Crippen LogP) is 3.58. The molecule has 28 heavy (non-hydrogen) atoms. The Labute approximate surface area is 164 Å². The zero-order valence-corrected chi connectivity index (χ0v) is 16.4. The fraction of sp³-hybridized carbons (Fsp3) is 0.0952. The number of nitrogens with one attached hydrogen (secondary N) is 2. The van der Waals surface area contributed by atoms with Gasteiger partial charge in [-0.1, -0.05) is 42.0 Å². The van der Waals surface area contributed by atoms with Crippen LogP contribution in [0.2, 0.25) is 0 Å². The molecule has 144 valence electrons. The Hall–Kier alpha value is -3.32. The predicted molar refractivity (Wildman–Crippen MR) is 111 cm³/mol. The van der Waals surface area contributed by atoms with Crippen LogP contribution in [0.4, 0.5) is 11.4 Å². The first-order valence-corrected chi connectivity index (χ1v) is 10.1. The molecule has 3 rings (SSSR count). The van der Waals surface area contributed by atoms with Crippen LogP contribution in [-0.2, 0) is 10.0 Å². The number of hydrazine groups is 1. The molecule has 2 N–H and O–H groups in total. The molecule has 0 aliphatic carbocycles. The Morgan fingerprint density at radius 3 is 2.25 bits per heavy atom. The van der Waals surface area contributed by atoms with Crippen molar-refractivity contribution in [1.29, 1.82) is 0 Å². The minimum Gasteiger partial charge on any atom is -0.288 e. The van der Waals surface area contributed by atoms with E-state index in [4.69, 9.17) is 0 Å². The Kier molecular flexibility index (Phi) is 5.65. The van der Waals surface area contributed by atoms with E-state index in [9.17, 15) is 13.2 Å². The van der Waals surface area contributed by atoms with E-state index >= 15 is 0 Å². The van der Waals surface area contributed by atoms with Gasteiger partial charge in [-0.25, -0.2) is 8.42 Å². The third-order valence-corrected chi connectivity index (χ3v) is 5.52. The first-order chi connectivity index (χ1) is 13.3. The molecule has 0 saturated carbocycles. The van der Waals surface area contributed by atoms with E-state index in [-0.39, 0.29) is 10.8 Å². The maximum Gasteiger partial charge on any atom is 0.269 e. The normalized spacial score (nSPS) is 10.9. The number of sulfonamides is 1. The molecular formula is C21H21N3O3S. The molecule has 0 radical (unpaired) electrons. The molecule has 0 bridgehead atoms. The molecule has 6 nitrogen and oxygen atoms in total. The Bertz CT molecular complexity index is 1070. The molecule has 0 aliphatic rings. The van der Waals surface area contributed by atoms with Crippen molar-refractivity contribution >= 4 is 27.3 Å². The molecule has 0 heterocycles. The van der Waals surface area contributed by atoms with E-state index in [1.165, 1.54) is 6.07 Å². The molecule has 1 amide bonds. The van der Waals surface area contributed by atoms with Crippen molar-refractivity contribution in [3.8, 4) is 0 Å². The summed E-state index contributed by atoms with van der Waals surface area (Å²) in [5, 5.41) is 1.60. The van der Waals surface area contributed by atoms with E-state index in [1.54, 1.807) is 54.5 Å². The lowest BCUT2D eigenvalue weighted by Gasteiger charge is -2.20. The molecule has 0 fully saturated rings. The number of para-hydroxylation sites is 1. The van der Waals surface area contributed by atoms with Crippen LogP contribution in [0.25, 0.3) is 0 Å². The van der Waals surface area contributed by atoms with Crippen LogP contribution in [0, 0.1) is 6.92 Å². The quantitative estimate of drug-likeness (QED) is 0.626. The van der Waals surface area contributed by atoms with Crippen molar-refractivity contribution < 1.29 is 13.2 Å². The number of hydrogen-bond donors (Lipinski definition) is 2. The van der Waals surface area contributed by atoms with Gasteiger partial charge in [-0.15, -0.1) is 0 Å². The second-order valence-corrected chi connectivity index (χ2v) is 8.02. The van der Waals surface area contributed by atoms with Crippen LogP contribution in [0.1, 0.15) is 15.9 Å². The number of benzene rings is 3. The lowest BCUT2D eigenvalue weighted by molar-refractivity contribution is 0.0951. The van der Waals surface area contributed by atoms with E-state index in [0.717, 1.165) is 11.3 Å². The van der Waals surface area contributed by atoms with Gasteiger partial charge in [0.1, 0.15) is 0 Å². The highest BCUT2D eigenvalue weighted by molar-refractivity contribution is 7.92.